The van der Waals surface area contributed by atoms with Gasteiger partial charge in [0, 0.05) is 28.1 Å². The van der Waals surface area contributed by atoms with E-state index >= 15 is 0 Å². The van der Waals surface area contributed by atoms with Gasteiger partial charge >= 0.3 is 5.97 Å². The minimum Gasteiger partial charge on any atom is -0.481 e. The van der Waals surface area contributed by atoms with E-state index in [9.17, 15) is 4.79 Å². The number of aryl methyl sites for hydroxylation is 1. The number of pyridine rings is 1. The van der Waals surface area contributed by atoms with Gasteiger partial charge in [-0.3, -0.25) is 14.5 Å². The summed E-state index contributed by atoms with van der Waals surface area (Å²) in [5.74, 6) is -0.838. The Labute approximate surface area is 119 Å². The highest BCUT2D eigenvalue weighted by Gasteiger charge is 2.14. The van der Waals surface area contributed by atoms with Crippen molar-refractivity contribution in [1.82, 2.24) is 14.8 Å². The molecular weight excluding hydrogens is 310 g/mol. The van der Waals surface area contributed by atoms with Gasteiger partial charge in [-0.15, -0.1) is 0 Å². The SMILES string of the molecule is Cc1nn(Cc2cncc(Br)c2)c(C)c1CC(=O)O. The van der Waals surface area contributed by atoms with Crippen LogP contribution in [-0.4, -0.2) is 25.8 Å². The number of carboxylic acids is 1. The zero-order valence-corrected chi connectivity index (χ0v) is 12.3. The van der Waals surface area contributed by atoms with Crippen molar-refractivity contribution in [1.29, 1.82) is 0 Å². The average molecular weight is 324 g/mol. The van der Waals surface area contributed by atoms with Gasteiger partial charge in [0.15, 0.2) is 0 Å². The molecule has 100 valence electrons. The molecule has 0 amide bonds. The van der Waals surface area contributed by atoms with Crippen molar-refractivity contribution in [2.75, 3.05) is 0 Å². The van der Waals surface area contributed by atoms with E-state index in [4.69, 9.17) is 5.11 Å². The second-order valence-corrected chi connectivity index (χ2v) is 5.30. The molecule has 2 aromatic heterocycles. The molecule has 2 heterocycles. The summed E-state index contributed by atoms with van der Waals surface area (Å²) < 4.78 is 2.73. The summed E-state index contributed by atoms with van der Waals surface area (Å²) in [5, 5.41) is 13.3. The highest BCUT2D eigenvalue weighted by atomic mass is 79.9. The molecule has 19 heavy (non-hydrogen) atoms. The third-order valence-corrected chi connectivity index (χ3v) is 3.39. The number of aliphatic carboxylic acids is 1. The van der Waals surface area contributed by atoms with E-state index in [1.165, 1.54) is 0 Å². The Balaban J connectivity index is 2.29. The summed E-state index contributed by atoms with van der Waals surface area (Å²) in [6.07, 6.45) is 3.51. The van der Waals surface area contributed by atoms with Crippen LogP contribution < -0.4 is 0 Å². The van der Waals surface area contributed by atoms with Crippen molar-refractivity contribution in [2.45, 2.75) is 26.8 Å². The molecule has 2 aromatic rings. The van der Waals surface area contributed by atoms with Gasteiger partial charge in [0.05, 0.1) is 18.7 Å². The van der Waals surface area contributed by atoms with Crippen LogP contribution in [0.15, 0.2) is 22.9 Å². The van der Waals surface area contributed by atoms with E-state index in [-0.39, 0.29) is 6.42 Å². The van der Waals surface area contributed by atoms with Crippen molar-refractivity contribution in [3.63, 3.8) is 0 Å². The van der Waals surface area contributed by atoms with Crippen LogP contribution >= 0.6 is 15.9 Å². The van der Waals surface area contributed by atoms with Gasteiger partial charge in [0.25, 0.3) is 0 Å². The van der Waals surface area contributed by atoms with E-state index in [0.717, 1.165) is 27.0 Å². The van der Waals surface area contributed by atoms with Gasteiger partial charge in [-0.05, 0) is 41.4 Å². The summed E-state index contributed by atoms with van der Waals surface area (Å²) in [7, 11) is 0. The molecule has 0 aliphatic heterocycles. The predicted octanol–water partition coefficient (Wildman–Crippen LogP) is 2.33. The van der Waals surface area contributed by atoms with E-state index in [1.807, 2.05) is 24.6 Å². The Morgan fingerprint density at radius 1 is 1.42 bits per heavy atom. The maximum Gasteiger partial charge on any atom is 0.307 e. The topological polar surface area (TPSA) is 68.0 Å². The Bertz CT molecular complexity index is 622. The van der Waals surface area contributed by atoms with Crippen molar-refractivity contribution in [3.05, 3.63) is 45.4 Å². The van der Waals surface area contributed by atoms with Gasteiger partial charge in [0.2, 0.25) is 0 Å². The Kier molecular flexibility index (Phi) is 3.99. The molecule has 0 bridgehead atoms. The van der Waals surface area contributed by atoms with Crippen molar-refractivity contribution in [2.24, 2.45) is 0 Å². The molecule has 0 fully saturated rings. The molecule has 5 nitrogen and oxygen atoms in total. The summed E-state index contributed by atoms with van der Waals surface area (Å²) >= 11 is 3.38. The lowest BCUT2D eigenvalue weighted by Crippen LogP contribution is -2.06. The maximum absolute atomic E-state index is 10.8. The Morgan fingerprint density at radius 2 is 2.16 bits per heavy atom. The summed E-state index contributed by atoms with van der Waals surface area (Å²) in [4.78, 5) is 14.9. The predicted molar refractivity (Wildman–Crippen MR) is 74.1 cm³/mol. The molecule has 0 unspecified atom stereocenters. The lowest BCUT2D eigenvalue weighted by Gasteiger charge is -2.05. The minimum absolute atomic E-state index is 0.00833. The maximum atomic E-state index is 10.8. The molecule has 0 aromatic carbocycles. The number of carbonyl (C=O) groups is 1. The molecule has 0 radical (unpaired) electrons. The number of carboxylic acid groups (broad SMARTS) is 1. The second kappa shape index (κ2) is 5.52. The van der Waals surface area contributed by atoms with Gasteiger partial charge in [-0.1, -0.05) is 0 Å². The monoisotopic (exact) mass is 323 g/mol. The molecule has 0 saturated carbocycles. The molecule has 0 aliphatic rings. The fraction of sp³-hybridized carbons (Fsp3) is 0.308. The first-order valence-corrected chi connectivity index (χ1v) is 6.60. The number of hydrogen-bond acceptors (Lipinski definition) is 3. The number of nitrogens with zero attached hydrogens (tertiary/aromatic N) is 3. The van der Waals surface area contributed by atoms with Crippen LogP contribution in [0, 0.1) is 13.8 Å². The largest absolute Gasteiger partial charge is 0.481 e. The molecule has 0 atom stereocenters. The summed E-state index contributed by atoms with van der Waals surface area (Å²) in [6.45, 7) is 4.31. The van der Waals surface area contributed by atoms with Crippen LogP contribution in [0.2, 0.25) is 0 Å². The fourth-order valence-electron chi connectivity index (χ4n) is 2.01. The third kappa shape index (κ3) is 3.20. The fourth-order valence-corrected chi connectivity index (χ4v) is 2.42. The molecule has 2 rings (SSSR count). The van der Waals surface area contributed by atoms with E-state index in [2.05, 4.69) is 26.0 Å². The van der Waals surface area contributed by atoms with Crippen LogP contribution in [0.3, 0.4) is 0 Å². The molecule has 0 aliphatic carbocycles. The number of aromatic nitrogens is 3. The Hall–Kier alpha value is -1.69. The summed E-state index contributed by atoms with van der Waals surface area (Å²) in [6, 6.07) is 1.97. The van der Waals surface area contributed by atoms with Crippen LogP contribution in [0.1, 0.15) is 22.5 Å². The van der Waals surface area contributed by atoms with Gasteiger partial charge in [0.1, 0.15) is 0 Å². The normalized spacial score (nSPS) is 10.7. The lowest BCUT2D eigenvalue weighted by atomic mass is 10.1. The first kappa shape index (κ1) is 13.7. The standard InChI is InChI=1S/C13H14BrN3O2/c1-8-12(4-13(18)19)9(2)17(16-8)7-10-3-11(14)6-15-5-10/h3,5-6H,4,7H2,1-2H3,(H,18,19). The smallest absolute Gasteiger partial charge is 0.307 e. The summed E-state index contributed by atoms with van der Waals surface area (Å²) in [5.41, 5.74) is 3.46. The third-order valence-electron chi connectivity index (χ3n) is 2.95. The van der Waals surface area contributed by atoms with Crippen molar-refractivity contribution >= 4 is 21.9 Å². The van der Waals surface area contributed by atoms with Crippen LogP contribution in [0.5, 0.6) is 0 Å². The van der Waals surface area contributed by atoms with Gasteiger partial charge in [-0.2, -0.15) is 5.10 Å². The molecule has 6 heteroatoms. The van der Waals surface area contributed by atoms with E-state index in [0.29, 0.717) is 6.54 Å². The van der Waals surface area contributed by atoms with E-state index in [1.54, 1.807) is 12.4 Å². The number of rotatable bonds is 4. The van der Waals surface area contributed by atoms with E-state index < -0.39 is 5.97 Å². The second-order valence-electron chi connectivity index (χ2n) is 4.39. The zero-order valence-electron chi connectivity index (χ0n) is 10.7. The molecule has 0 saturated heterocycles. The number of halogens is 1. The quantitative estimate of drug-likeness (QED) is 0.937. The van der Waals surface area contributed by atoms with Crippen molar-refractivity contribution in [3.8, 4) is 0 Å². The highest BCUT2D eigenvalue weighted by Crippen LogP contribution is 2.16. The average Bonchev–Trinajstić information content (AvgIpc) is 2.57. The first-order chi connectivity index (χ1) is 8.97. The number of hydrogen-bond donors (Lipinski definition) is 1. The zero-order chi connectivity index (χ0) is 14.0. The molecule has 0 spiro atoms. The molecule has 1 N–H and O–H groups in total. The van der Waals surface area contributed by atoms with Crippen LogP contribution in [0.25, 0.3) is 0 Å². The Morgan fingerprint density at radius 3 is 2.79 bits per heavy atom. The first-order valence-electron chi connectivity index (χ1n) is 5.81. The van der Waals surface area contributed by atoms with Crippen LogP contribution in [-0.2, 0) is 17.8 Å². The van der Waals surface area contributed by atoms with Gasteiger partial charge in [-0.25, -0.2) is 0 Å². The van der Waals surface area contributed by atoms with Gasteiger partial charge < -0.3 is 5.11 Å². The minimum atomic E-state index is -0.838. The van der Waals surface area contributed by atoms with Crippen molar-refractivity contribution < 1.29 is 9.90 Å². The lowest BCUT2D eigenvalue weighted by molar-refractivity contribution is -0.136. The van der Waals surface area contributed by atoms with Crippen LogP contribution in [0.4, 0.5) is 0 Å². The highest BCUT2D eigenvalue weighted by molar-refractivity contribution is 9.10. The molecular formula is C13H14BrN3O2.